The maximum Gasteiger partial charge on any atom is 0.188 e. The SMILES string of the molecule is Cc1cccc(CC2=NC3CCC(N)CC3O2)c1. The summed E-state index contributed by atoms with van der Waals surface area (Å²) in [5.74, 6) is 0.893. The molecule has 2 N–H and O–H groups in total. The first-order valence-corrected chi connectivity index (χ1v) is 6.75. The number of hydrogen-bond donors (Lipinski definition) is 1. The normalized spacial score (nSPS) is 30.6. The van der Waals surface area contributed by atoms with E-state index in [1.54, 1.807) is 0 Å². The van der Waals surface area contributed by atoms with Crippen LogP contribution < -0.4 is 5.73 Å². The Kier molecular flexibility index (Phi) is 3.08. The van der Waals surface area contributed by atoms with Gasteiger partial charge in [0, 0.05) is 18.9 Å². The number of ether oxygens (including phenoxy) is 1. The van der Waals surface area contributed by atoms with Gasteiger partial charge in [-0.1, -0.05) is 29.8 Å². The van der Waals surface area contributed by atoms with Crippen LogP contribution in [-0.2, 0) is 11.2 Å². The summed E-state index contributed by atoms with van der Waals surface area (Å²) < 4.78 is 5.95. The first-order chi connectivity index (χ1) is 8.70. The molecule has 3 atom stereocenters. The maximum atomic E-state index is 5.98. The van der Waals surface area contributed by atoms with Crippen molar-refractivity contribution in [3.63, 3.8) is 0 Å². The predicted molar refractivity (Wildman–Crippen MR) is 72.8 cm³/mol. The molecule has 1 aromatic rings. The molecule has 1 aromatic carbocycles. The van der Waals surface area contributed by atoms with E-state index in [9.17, 15) is 0 Å². The second kappa shape index (κ2) is 4.73. The smallest absolute Gasteiger partial charge is 0.188 e. The molecule has 2 aliphatic rings. The Morgan fingerprint density at radius 3 is 3.11 bits per heavy atom. The molecule has 1 aliphatic carbocycles. The third kappa shape index (κ3) is 2.41. The average molecular weight is 244 g/mol. The van der Waals surface area contributed by atoms with Crippen LogP contribution in [0.25, 0.3) is 0 Å². The van der Waals surface area contributed by atoms with Crippen molar-refractivity contribution in [2.75, 3.05) is 0 Å². The van der Waals surface area contributed by atoms with E-state index in [0.717, 1.165) is 31.6 Å². The standard InChI is InChI=1S/C15H20N2O/c1-10-3-2-4-11(7-10)8-15-17-13-6-5-12(16)9-14(13)18-15/h2-4,7,12-14H,5-6,8-9,16H2,1H3. The van der Waals surface area contributed by atoms with E-state index in [1.807, 2.05) is 0 Å². The van der Waals surface area contributed by atoms with Gasteiger partial charge in [-0.2, -0.15) is 0 Å². The van der Waals surface area contributed by atoms with E-state index in [0.29, 0.717) is 12.1 Å². The molecule has 3 nitrogen and oxygen atoms in total. The number of fused-ring (bicyclic) bond motifs is 1. The molecule has 1 heterocycles. The summed E-state index contributed by atoms with van der Waals surface area (Å²) in [5, 5.41) is 0. The van der Waals surface area contributed by atoms with Gasteiger partial charge in [0.2, 0.25) is 0 Å². The lowest BCUT2D eigenvalue weighted by Crippen LogP contribution is -2.38. The highest BCUT2D eigenvalue weighted by Gasteiger charge is 2.35. The summed E-state index contributed by atoms with van der Waals surface area (Å²) in [4.78, 5) is 4.71. The van der Waals surface area contributed by atoms with Crippen LogP contribution in [0.5, 0.6) is 0 Å². The van der Waals surface area contributed by atoms with Gasteiger partial charge in [-0.25, -0.2) is 4.99 Å². The number of nitrogens with zero attached hydrogens (tertiary/aromatic N) is 1. The van der Waals surface area contributed by atoms with Crippen LogP contribution in [0.15, 0.2) is 29.3 Å². The first kappa shape index (κ1) is 11.7. The van der Waals surface area contributed by atoms with Gasteiger partial charge in [0.25, 0.3) is 0 Å². The Hall–Kier alpha value is -1.35. The van der Waals surface area contributed by atoms with E-state index >= 15 is 0 Å². The quantitative estimate of drug-likeness (QED) is 0.867. The van der Waals surface area contributed by atoms with Crippen molar-refractivity contribution in [2.24, 2.45) is 10.7 Å². The molecule has 3 rings (SSSR count). The van der Waals surface area contributed by atoms with Gasteiger partial charge >= 0.3 is 0 Å². The fourth-order valence-corrected chi connectivity index (χ4v) is 2.89. The highest BCUT2D eigenvalue weighted by molar-refractivity contribution is 5.80. The Labute approximate surface area is 108 Å². The third-order valence-corrected chi connectivity index (χ3v) is 3.83. The zero-order chi connectivity index (χ0) is 12.5. The minimum atomic E-state index is 0.230. The van der Waals surface area contributed by atoms with Gasteiger partial charge in [-0.15, -0.1) is 0 Å². The van der Waals surface area contributed by atoms with Crippen molar-refractivity contribution in [1.82, 2.24) is 0 Å². The zero-order valence-corrected chi connectivity index (χ0v) is 10.8. The van der Waals surface area contributed by atoms with Crippen LogP contribution in [0.2, 0.25) is 0 Å². The molecule has 3 heteroatoms. The lowest BCUT2D eigenvalue weighted by atomic mass is 9.90. The topological polar surface area (TPSA) is 47.6 Å². The lowest BCUT2D eigenvalue weighted by Gasteiger charge is -2.26. The van der Waals surface area contributed by atoms with E-state index < -0.39 is 0 Å². The fourth-order valence-electron chi connectivity index (χ4n) is 2.89. The number of nitrogens with two attached hydrogens (primary N) is 1. The van der Waals surface area contributed by atoms with Crippen molar-refractivity contribution >= 4 is 5.90 Å². The summed E-state index contributed by atoms with van der Waals surface area (Å²) in [6.45, 7) is 2.11. The largest absolute Gasteiger partial charge is 0.475 e. The van der Waals surface area contributed by atoms with Crippen LogP contribution in [0.1, 0.15) is 30.4 Å². The second-order valence-electron chi connectivity index (χ2n) is 5.49. The Balaban J connectivity index is 1.68. The Bertz CT molecular complexity index is 469. The predicted octanol–water partition coefficient (Wildman–Crippen LogP) is 2.21. The van der Waals surface area contributed by atoms with Gasteiger partial charge in [-0.05, 0) is 25.3 Å². The molecule has 3 unspecified atom stereocenters. The minimum Gasteiger partial charge on any atom is -0.475 e. The molecular formula is C15H20N2O. The second-order valence-corrected chi connectivity index (χ2v) is 5.49. The average Bonchev–Trinajstić information content (AvgIpc) is 2.70. The molecule has 1 aliphatic heterocycles. The molecule has 0 saturated heterocycles. The van der Waals surface area contributed by atoms with Crippen molar-refractivity contribution in [3.05, 3.63) is 35.4 Å². The summed E-state index contributed by atoms with van der Waals surface area (Å²) >= 11 is 0. The molecule has 18 heavy (non-hydrogen) atoms. The molecule has 0 aromatic heterocycles. The highest BCUT2D eigenvalue weighted by atomic mass is 16.5. The van der Waals surface area contributed by atoms with Gasteiger partial charge < -0.3 is 10.5 Å². The van der Waals surface area contributed by atoms with Gasteiger partial charge in [0.05, 0.1) is 6.04 Å². The number of rotatable bonds is 2. The molecule has 1 fully saturated rings. The molecule has 0 spiro atoms. The maximum absolute atomic E-state index is 5.98. The number of benzene rings is 1. The number of aryl methyl sites for hydroxylation is 1. The molecule has 0 radical (unpaired) electrons. The monoisotopic (exact) mass is 244 g/mol. The summed E-state index contributed by atoms with van der Waals surface area (Å²) in [7, 11) is 0. The van der Waals surface area contributed by atoms with Crippen LogP contribution in [0, 0.1) is 6.92 Å². The van der Waals surface area contributed by atoms with E-state index in [2.05, 4.69) is 31.2 Å². The van der Waals surface area contributed by atoms with E-state index in [-0.39, 0.29) is 6.10 Å². The highest BCUT2D eigenvalue weighted by Crippen LogP contribution is 2.28. The van der Waals surface area contributed by atoms with E-state index in [1.165, 1.54) is 11.1 Å². The third-order valence-electron chi connectivity index (χ3n) is 3.83. The van der Waals surface area contributed by atoms with Crippen LogP contribution in [0.4, 0.5) is 0 Å². The molecular weight excluding hydrogens is 224 g/mol. The van der Waals surface area contributed by atoms with E-state index in [4.69, 9.17) is 15.5 Å². The molecule has 0 bridgehead atoms. The summed E-state index contributed by atoms with van der Waals surface area (Å²) in [6, 6.07) is 9.17. The zero-order valence-electron chi connectivity index (χ0n) is 10.8. The Morgan fingerprint density at radius 2 is 2.28 bits per heavy atom. The fraction of sp³-hybridized carbons (Fsp3) is 0.533. The van der Waals surface area contributed by atoms with Crippen molar-refractivity contribution < 1.29 is 4.74 Å². The molecule has 0 amide bonds. The van der Waals surface area contributed by atoms with Crippen molar-refractivity contribution in [1.29, 1.82) is 0 Å². The minimum absolute atomic E-state index is 0.230. The molecule has 1 saturated carbocycles. The van der Waals surface area contributed by atoms with Crippen molar-refractivity contribution in [2.45, 2.75) is 50.8 Å². The van der Waals surface area contributed by atoms with Crippen LogP contribution in [0.3, 0.4) is 0 Å². The Morgan fingerprint density at radius 1 is 1.39 bits per heavy atom. The van der Waals surface area contributed by atoms with Gasteiger partial charge in [0.15, 0.2) is 5.90 Å². The number of hydrogen-bond acceptors (Lipinski definition) is 3. The van der Waals surface area contributed by atoms with Crippen molar-refractivity contribution in [3.8, 4) is 0 Å². The van der Waals surface area contributed by atoms with Crippen LogP contribution in [-0.4, -0.2) is 24.1 Å². The van der Waals surface area contributed by atoms with Crippen LogP contribution >= 0.6 is 0 Å². The van der Waals surface area contributed by atoms with Gasteiger partial charge in [0.1, 0.15) is 6.10 Å². The molecule has 96 valence electrons. The number of aliphatic imine (C=N–C) groups is 1. The lowest BCUT2D eigenvalue weighted by molar-refractivity contribution is 0.139. The van der Waals surface area contributed by atoms with Gasteiger partial charge in [-0.3, -0.25) is 0 Å². The first-order valence-electron chi connectivity index (χ1n) is 6.75. The summed E-state index contributed by atoms with van der Waals surface area (Å²) in [5.41, 5.74) is 8.54. The summed E-state index contributed by atoms with van der Waals surface area (Å²) in [6.07, 6.45) is 4.14.